The molecule has 2 aromatic rings. The molecule has 0 atom stereocenters. The average Bonchev–Trinajstić information content (AvgIpc) is 2.42. The predicted molar refractivity (Wildman–Crippen MR) is 88.4 cm³/mol. The lowest BCUT2D eigenvalue weighted by atomic mass is 10.2. The average molecular weight is 401 g/mol. The summed E-state index contributed by atoms with van der Waals surface area (Å²) in [7, 11) is 0. The summed E-state index contributed by atoms with van der Waals surface area (Å²) in [6, 6.07) is 11.4. The van der Waals surface area contributed by atoms with Crippen LogP contribution in [0.4, 0.5) is 5.69 Å². The topological polar surface area (TPSA) is 41.5 Å². The second-order valence-corrected chi connectivity index (χ2v) is 5.86. The molecule has 20 heavy (non-hydrogen) atoms. The fourth-order valence-corrected chi connectivity index (χ4v) is 3.11. The third-order valence-electron chi connectivity index (χ3n) is 2.80. The second kappa shape index (κ2) is 6.99. The van der Waals surface area contributed by atoms with E-state index in [2.05, 4.69) is 37.2 Å². The van der Waals surface area contributed by atoms with Crippen LogP contribution < -0.4 is 10.1 Å². The number of hydrogen-bond acceptors (Lipinski definition) is 3. The van der Waals surface area contributed by atoms with E-state index in [-0.39, 0.29) is 5.75 Å². The largest absolute Gasteiger partial charge is 0.504 e. The van der Waals surface area contributed by atoms with E-state index < -0.39 is 0 Å². The normalized spacial score (nSPS) is 10.3. The molecule has 2 N–H and O–H groups in total. The predicted octanol–water partition coefficient (Wildman–Crippen LogP) is 4.93. The summed E-state index contributed by atoms with van der Waals surface area (Å²) in [6.45, 7) is 2.93. The Hall–Kier alpha value is -1.20. The van der Waals surface area contributed by atoms with Gasteiger partial charge in [-0.2, -0.15) is 0 Å². The fraction of sp³-hybridized carbons (Fsp3) is 0.200. The Morgan fingerprint density at radius 2 is 1.75 bits per heavy atom. The van der Waals surface area contributed by atoms with Crippen LogP contribution in [0.1, 0.15) is 12.5 Å². The molecule has 0 heterocycles. The van der Waals surface area contributed by atoms with E-state index in [0.29, 0.717) is 18.9 Å². The van der Waals surface area contributed by atoms with Crippen LogP contribution in [0.2, 0.25) is 0 Å². The lowest BCUT2D eigenvalue weighted by molar-refractivity contribution is 0.317. The van der Waals surface area contributed by atoms with Crippen LogP contribution >= 0.6 is 31.9 Å². The molecule has 0 fully saturated rings. The first-order valence-corrected chi connectivity index (χ1v) is 7.83. The molecule has 3 nitrogen and oxygen atoms in total. The summed E-state index contributed by atoms with van der Waals surface area (Å²) in [5.41, 5.74) is 1.74. The molecule has 0 saturated heterocycles. The standard InChI is InChI=1S/C15H15Br2NO2/c1-2-20-13-8-3-5-10(15(13)19)9-18-14-11(16)6-4-7-12(14)17/h3-8,18-19H,2,9H2,1H3. The number of ether oxygens (including phenoxy) is 1. The van der Waals surface area contributed by atoms with Crippen molar-refractivity contribution in [3.05, 3.63) is 50.9 Å². The number of aromatic hydroxyl groups is 1. The smallest absolute Gasteiger partial charge is 0.162 e. The van der Waals surface area contributed by atoms with E-state index in [4.69, 9.17) is 4.74 Å². The third-order valence-corrected chi connectivity index (χ3v) is 4.12. The zero-order chi connectivity index (χ0) is 14.5. The third kappa shape index (κ3) is 3.46. The van der Waals surface area contributed by atoms with Crippen molar-refractivity contribution in [3.63, 3.8) is 0 Å². The van der Waals surface area contributed by atoms with Crippen molar-refractivity contribution in [2.24, 2.45) is 0 Å². The summed E-state index contributed by atoms with van der Waals surface area (Å²) in [5, 5.41) is 13.4. The molecular formula is C15H15Br2NO2. The molecule has 0 radical (unpaired) electrons. The van der Waals surface area contributed by atoms with Gasteiger partial charge >= 0.3 is 0 Å². The van der Waals surface area contributed by atoms with Crippen LogP contribution in [-0.2, 0) is 6.54 Å². The van der Waals surface area contributed by atoms with Crippen molar-refractivity contribution in [1.82, 2.24) is 0 Å². The summed E-state index contributed by atoms with van der Waals surface area (Å²) in [6.07, 6.45) is 0. The minimum Gasteiger partial charge on any atom is -0.504 e. The number of phenols is 1. The van der Waals surface area contributed by atoms with Crippen molar-refractivity contribution in [2.75, 3.05) is 11.9 Å². The number of benzene rings is 2. The number of phenolic OH excluding ortho intramolecular Hbond substituents is 1. The van der Waals surface area contributed by atoms with Gasteiger partial charge < -0.3 is 15.2 Å². The lowest BCUT2D eigenvalue weighted by Crippen LogP contribution is -2.02. The maximum atomic E-state index is 10.1. The van der Waals surface area contributed by atoms with Crippen molar-refractivity contribution >= 4 is 37.5 Å². The van der Waals surface area contributed by atoms with Gasteiger partial charge in [0.2, 0.25) is 0 Å². The van der Waals surface area contributed by atoms with Crippen molar-refractivity contribution in [1.29, 1.82) is 0 Å². The van der Waals surface area contributed by atoms with E-state index in [1.807, 2.05) is 37.3 Å². The molecule has 5 heteroatoms. The zero-order valence-corrected chi connectivity index (χ0v) is 14.2. The summed E-state index contributed by atoms with van der Waals surface area (Å²) >= 11 is 7.00. The first-order chi connectivity index (χ1) is 9.63. The number of rotatable bonds is 5. The zero-order valence-electron chi connectivity index (χ0n) is 11.0. The Morgan fingerprint density at radius 3 is 2.40 bits per heavy atom. The molecule has 2 rings (SSSR count). The highest BCUT2D eigenvalue weighted by Crippen LogP contribution is 2.33. The Morgan fingerprint density at radius 1 is 1.10 bits per heavy atom. The van der Waals surface area contributed by atoms with E-state index in [1.165, 1.54) is 0 Å². The highest BCUT2D eigenvalue weighted by atomic mass is 79.9. The summed E-state index contributed by atoms with van der Waals surface area (Å²) in [5.74, 6) is 0.697. The molecule has 0 amide bonds. The van der Waals surface area contributed by atoms with E-state index in [0.717, 1.165) is 20.2 Å². The lowest BCUT2D eigenvalue weighted by Gasteiger charge is -2.13. The van der Waals surface area contributed by atoms with Crippen molar-refractivity contribution in [2.45, 2.75) is 13.5 Å². The van der Waals surface area contributed by atoms with Crippen LogP contribution in [0.15, 0.2) is 45.3 Å². The molecule has 0 aromatic heterocycles. The van der Waals surface area contributed by atoms with Gasteiger partial charge in [0, 0.05) is 21.1 Å². The molecule has 0 aliphatic rings. The highest BCUT2D eigenvalue weighted by Gasteiger charge is 2.09. The SMILES string of the molecule is CCOc1cccc(CNc2c(Br)cccc2Br)c1O. The Balaban J connectivity index is 2.17. The summed E-state index contributed by atoms with van der Waals surface area (Å²) in [4.78, 5) is 0. The van der Waals surface area contributed by atoms with Crippen molar-refractivity contribution in [3.8, 4) is 11.5 Å². The van der Waals surface area contributed by atoms with E-state index in [1.54, 1.807) is 6.07 Å². The molecule has 0 aliphatic carbocycles. The number of nitrogens with one attached hydrogen (secondary N) is 1. The Kier molecular flexibility index (Phi) is 5.31. The van der Waals surface area contributed by atoms with E-state index >= 15 is 0 Å². The van der Waals surface area contributed by atoms with Crippen molar-refractivity contribution < 1.29 is 9.84 Å². The maximum absolute atomic E-state index is 10.1. The number of anilines is 1. The van der Waals surface area contributed by atoms with Gasteiger partial charge in [0.15, 0.2) is 11.5 Å². The minimum absolute atomic E-state index is 0.185. The fourth-order valence-electron chi connectivity index (χ4n) is 1.83. The Labute approximate surface area is 135 Å². The molecule has 0 bridgehead atoms. The molecule has 0 saturated carbocycles. The monoisotopic (exact) mass is 399 g/mol. The summed E-state index contributed by atoms with van der Waals surface area (Å²) < 4.78 is 7.31. The van der Waals surface area contributed by atoms with Gasteiger partial charge in [0.05, 0.1) is 12.3 Å². The van der Waals surface area contributed by atoms with Crippen LogP contribution in [0.3, 0.4) is 0 Å². The van der Waals surface area contributed by atoms with E-state index in [9.17, 15) is 5.11 Å². The number of para-hydroxylation sites is 2. The Bertz CT molecular complexity index is 582. The van der Waals surface area contributed by atoms with Gasteiger partial charge in [-0.1, -0.05) is 18.2 Å². The van der Waals surface area contributed by atoms with Gasteiger partial charge in [-0.05, 0) is 57.0 Å². The molecule has 0 aliphatic heterocycles. The number of hydrogen-bond donors (Lipinski definition) is 2. The van der Waals surface area contributed by atoms with Gasteiger partial charge in [0.25, 0.3) is 0 Å². The van der Waals surface area contributed by atoms with Crippen LogP contribution in [-0.4, -0.2) is 11.7 Å². The maximum Gasteiger partial charge on any atom is 0.162 e. The van der Waals surface area contributed by atoms with Crippen LogP contribution in [0.25, 0.3) is 0 Å². The highest BCUT2D eigenvalue weighted by molar-refractivity contribution is 9.11. The van der Waals surface area contributed by atoms with Crippen LogP contribution in [0.5, 0.6) is 11.5 Å². The van der Waals surface area contributed by atoms with Gasteiger partial charge in [-0.3, -0.25) is 0 Å². The number of halogens is 2. The van der Waals surface area contributed by atoms with Gasteiger partial charge in [-0.15, -0.1) is 0 Å². The molecular weight excluding hydrogens is 386 g/mol. The molecule has 2 aromatic carbocycles. The first kappa shape index (κ1) is 15.2. The van der Waals surface area contributed by atoms with Gasteiger partial charge in [-0.25, -0.2) is 0 Å². The minimum atomic E-state index is 0.185. The van der Waals surface area contributed by atoms with Crippen LogP contribution in [0, 0.1) is 0 Å². The second-order valence-electron chi connectivity index (χ2n) is 4.15. The van der Waals surface area contributed by atoms with Gasteiger partial charge in [0.1, 0.15) is 0 Å². The quantitative estimate of drug-likeness (QED) is 0.747. The molecule has 106 valence electrons. The first-order valence-electron chi connectivity index (χ1n) is 6.25. The molecule has 0 spiro atoms. The molecule has 0 unspecified atom stereocenters.